The molecule has 0 fully saturated rings. The largest absolute Gasteiger partial charge is 0.250 e. The van der Waals surface area contributed by atoms with E-state index in [1.807, 2.05) is 0 Å². The molecule has 0 aliphatic carbocycles. The van der Waals surface area contributed by atoms with Crippen molar-refractivity contribution in [3.63, 3.8) is 0 Å². The molecule has 0 atom stereocenters. The van der Waals surface area contributed by atoms with Gasteiger partial charge in [-0.3, -0.25) is 0 Å². The van der Waals surface area contributed by atoms with Gasteiger partial charge >= 0.3 is 0 Å². The van der Waals surface area contributed by atoms with Gasteiger partial charge in [-0.15, -0.1) is 0 Å². The molecule has 0 heterocycles. The van der Waals surface area contributed by atoms with E-state index in [9.17, 15) is 12.8 Å². The van der Waals surface area contributed by atoms with Crippen molar-refractivity contribution < 1.29 is 12.8 Å². The monoisotopic (exact) mass is 266 g/mol. The smallest absolute Gasteiger partial charge is 0.180 e. The predicted octanol–water partition coefficient (Wildman–Crippen LogP) is 2.19. The van der Waals surface area contributed by atoms with Gasteiger partial charge in [0.15, 0.2) is 9.84 Å². The SMILES string of the molecule is O=S(=O)(CCF)c1cccc(Br)c1. The van der Waals surface area contributed by atoms with Gasteiger partial charge in [0.25, 0.3) is 0 Å². The molecule has 1 aromatic rings. The number of sulfone groups is 1. The van der Waals surface area contributed by atoms with Crippen LogP contribution in [0.25, 0.3) is 0 Å². The van der Waals surface area contributed by atoms with E-state index in [4.69, 9.17) is 0 Å². The average molecular weight is 267 g/mol. The van der Waals surface area contributed by atoms with E-state index in [2.05, 4.69) is 15.9 Å². The zero-order valence-electron chi connectivity index (χ0n) is 6.70. The molecule has 0 unspecified atom stereocenters. The molecule has 0 spiro atoms. The normalized spacial score (nSPS) is 11.5. The fourth-order valence-corrected chi connectivity index (χ4v) is 2.46. The average Bonchev–Trinajstić information content (AvgIpc) is 2.04. The first kappa shape index (κ1) is 10.7. The lowest BCUT2D eigenvalue weighted by atomic mass is 10.4. The summed E-state index contributed by atoms with van der Waals surface area (Å²) in [6, 6.07) is 6.24. The van der Waals surface area contributed by atoms with Crippen LogP contribution >= 0.6 is 15.9 Å². The minimum Gasteiger partial charge on any atom is -0.250 e. The predicted molar refractivity (Wildman–Crippen MR) is 52.2 cm³/mol. The second kappa shape index (κ2) is 4.19. The van der Waals surface area contributed by atoms with Crippen molar-refractivity contribution >= 4 is 25.8 Å². The number of alkyl halides is 1. The van der Waals surface area contributed by atoms with Crippen LogP contribution in [0, 0.1) is 0 Å². The highest BCUT2D eigenvalue weighted by molar-refractivity contribution is 9.10. The van der Waals surface area contributed by atoms with Gasteiger partial charge < -0.3 is 0 Å². The number of hydrogen-bond donors (Lipinski definition) is 0. The molecule has 5 heteroatoms. The Kier molecular flexibility index (Phi) is 3.44. The molecule has 0 aliphatic heterocycles. The third-order valence-corrected chi connectivity index (χ3v) is 3.66. The summed E-state index contributed by atoms with van der Waals surface area (Å²) in [6.07, 6.45) is 0. The Hall–Kier alpha value is -0.420. The van der Waals surface area contributed by atoms with E-state index in [1.54, 1.807) is 12.1 Å². The minimum absolute atomic E-state index is 0.152. The van der Waals surface area contributed by atoms with Crippen molar-refractivity contribution in [3.8, 4) is 0 Å². The second-order valence-corrected chi connectivity index (χ2v) is 5.49. The van der Waals surface area contributed by atoms with Crippen molar-refractivity contribution in [2.45, 2.75) is 4.90 Å². The molecule has 0 N–H and O–H groups in total. The van der Waals surface area contributed by atoms with Crippen LogP contribution in [0.4, 0.5) is 4.39 Å². The Balaban J connectivity index is 3.08. The molecule has 0 saturated heterocycles. The summed E-state index contributed by atoms with van der Waals surface area (Å²) in [5, 5.41) is 0. The third-order valence-electron chi connectivity index (χ3n) is 1.50. The van der Waals surface area contributed by atoms with Gasteiger partial charge in [0.05, 0.1) is 10.6 Å². The molecule has 0 aliphatic rings. The zero-order valence-corrected chi connectivity index (χ0v) is 9.11. The maximum absolute atomic E-state index is 11.9. The third kappa shape index (κ3) is 2.77. The Labute approximate surface area is 84.8 Å². The van der Waals surface area contributed by atoms with Crippen LogP contribution < -0.4 is 0 Å². The summed E-state index contributed by atoms with van der Waals surface area (Å²) < 4.78 is 35.2. The van der Waals surface area contributed by atoms with Crippen LogP contribution in [0.15, 0.2) is 33.6 Å². The van der Waals surface area contributed by atoms with Crippen LogP contribution in [-0.4, -0.2) is 20.8 Å². The van der Waals surface area contributed by atoms with Crippen LogP contribution in [0.5, 0.6) is 0 Å². The second-order valence-electron chi connectivity index (χ2n) is 2.47. The van der Waals surface area contributed by atoms with E-state index in [-0.39, 0.29) is 4.90 Å². The molecule has 2 nitrogen and oxygen atoms in total. The van der Waals surface area contributed by atoms with Gasteiger partial charge in [-0.05, 0) is 18.2 Å². The van der Waals surface area contributed by atoms with E-state index in [0.717, 1.165) is 0 Å². The van der Waals surface area contributed by atoms with Crippen molar-refractivity contribution in [2.75, 3.05) is 12.4 Å². The van der Waals surface area contributed by atoms with Gasteiger partial charge in [-0.2, -0.15) is 0 Å². The van der Waals surface area contributed by atoms with Crippen LogP contribution in [0.2, 0.25) is 0 Å². The van der Waals surface area contributed by atoms with Crippen molar-refractivity contribution in [2.24, 2.45) is 0 Å². The van der Waals surface area contributed by atoms with Gasteiger partial charge in [0.1, 0.15) is 6.67 Å². The lowest BCUT2D eigenvalue weighted by molar-refractivity contribution is 0.517. The van der Waals surface area contributed by atoms with Crippen molar-refractivity contribution in [3.05, 3.63) is 28.7 Å². The first-order valence-corrected chi connectivity index (χ1v) is 6.05. The summed E-state index contributed by atoms with van der Waals surface area (Å²) in [5.41, 5.74) is 0. The fourth-order valence-electron chi connectivity index (χ4n) is 0.880. The number of benzene rings is 1. The maximum Gasteiger partial charge on any atom is 0.180 e. The summed E-state index contributed by atoms with van der Waals surface area (Å²) in [4.78, 5) is 0.152. The van der Waals surface area contributed by atoms with Gasteiger partial charge in [0, 0.05) is 4.47 Å². The van der Waals surface area contributed by atoms with Crippen LogP contribution in [-0.2, 0) is 9.84 Å². The van der Waals surface area contributed by atoms with Crippen LogP contribution in [0.1, 0.15) is 0 Å². The van der Waals surface area contributed by atoms with Crippen molar-refractivity contribution in [1.82, 2.24) is 0 Å². The molecule has 0 aromatic heterocycles. The van der Waals surface area contributed by atoms with E-state index >= 15 is 0 Å². The number of hydrogen-bond acceptors (Lipinski definition) is 2. The van der Waals surface area contributed by atoms with Gasteiger partial charge in [0.2, 0.25) is 0 Å². The molecule has 72 valence electrons. The molecular formula is C8H8BrFO2S. The summed E-state index contributed by atoms with van der Waals surface area (Å²) in [7, 11) is -3.44. The highest BCUT2D eigenvalue weighted by Crippen LogP contribution is 2.17. The van der Waals surface area contributed by atoms with E-state index < -0.39 is 22.3 Å². The van der Waals surface area contributed by atoms with E-state index in [0.29, 0.717) is 4.47 Å². The van der Waals surface area contributed by atoms with E-state index in [1.165, 1.54) is 12.1 Å². The maximum atomic E-state index is 11.9. The fraction of sp³-hybridized carbons (Fsp3) is 0.250. The molecule has 0 radical (unpaired) electrons. The molecule has 0 amide bonds. The lowest BCUT2D eigenvalue weighted by Gasteiger charge is -2.01. The molecule has 0 bridgehead atoms. The summed E-state index contributed by atoms with van der Waals surface area (Å²) in [6.45, 7) is -0.852. The summed E-state index contributed by atoms with van der Waals surface area (Å²) in [5.74, 6) is -0.455. The quantitative estimate of drug-likeness (QED) is 0.841. The van der Waals surface area contributed by atoms with Crippen LogP contribution in [0.3, 0.4) is 0 Å². The number of rotatable bonds is 3. The Bertz CT molecular complexity index is 389. The molecule has 1 rings (SSSR count). The van der Waals surface area contributed by atoms with Crippen molar-refractivity contribution in [1.29, 1.82) is 0 Å². The minimum atomic E-state index is -3.44. The summed E-state index contributed by atoms with van der Waals surface area (Å²) >= 11 is 3.15. The lowest BCUT2D eigenvalue weighted by Crippen LogP contribution is -2.07. The topological polar surface area (TPSA) is 34.1 Å². The first-order valence-electron chi connectivity index (χ1n) is 3.60. The van der Waals surface area contributed by atoms with Gasteiger partial charge in [-0.25, -0.2) is 12.8 Å². The standard InChI is InChI=1S/C8H8BrFO2S/c9-7-2-1-3-8(6-7)13(11,12)5-4-10/h1-3,6H,4-5H2. The Morgan fingerprint density at radius 3 is 2.62 bits per heavy atom. The number of halogens is 2. The van der Waals surface area contributed by atoms with Gasteiger partial charge in [-0.1, -0.05) is 22.0 Å². The molecule has 13 heavy (non-hydrogen) atoms. The highest BCUT2D eigenvalue weighted by atomic mass is 79.9. The Morgan fingerprint density at radius 2 is 2.08 bits per heavy atom. The molecule has 1 aromatic carbocycles. The Morgan fingerprint density at radius 1 is 1.38 bits per heavy atom. The zero-order chi connectivity index (χ0) is 9.90. The molecule has 0 saturated carbocycles. The molecular weight excluding hydrogens is 259 g/mol. The first-order chi connectivity index (χ1) is 6.06. The highest BCUT2D eigenvalue weighted by Gasteiger charge is 2.13.